The summed E-state index contributed by atoms with van der Waals surface area (Å²) in [5, 5.41) is 1.13. The molecule has 2 aromatic carbocycles. The second kappa shape index (κ2) is 6.10. The molecule has 0 saturated carbocycles. The number of aryl methyl sites for hydroxylation is 2. The number of nitrogens with zero attached hydrogens (tertiary/aromatic N) is 1. The highest BCUT2D eigenvalue weighted by atomic mass is 16.5. The lowest BCUT2D eigenvalue weighted by Crippen LogP contribution is -1.92. The SMILES string of the molecule is COc1c(C)cc(-c2cnc3[nH]cc(-c4ccccc4)c3c2)cc1C. The second-order valence-corrected chi connectivity index (χ2v) is 6.33. The van der Waals surface area contributed by atoms with Gasteiger partial charge in [0.15, 0.2) is 0 Å². The molecule has 0 fully saturated rings. The Kier molecular flexibility index (Phi) is 3.77. The van der Waals surface area contributed by atoms with Gasteiger partial charge < -0.3 is 9.72 Å². The largest absolute Gasteiger partial charge is 0.496 e. The number of rotatable bonds is 3. The van der Waals surface area contributed by atoms with Gasteiger partial charge in [0.25, 0.3) is 0 Å². The highest BCUT2D eigenvalue weighted by Crippen LogP contribution is 2.33. The van der Waals surface area contributed by atoms with Crippen LogP contribution in [-0.4, -0.2) is 17.1 Å². The van der Waals surface area contributed by atoms with E-state index in [1.54, 1.807) is 7.11 Å². The summed E-state index contributed by atoms with van der Waals surface area (Å²) in [6, 6.07) is 16.9. The molecule has 0 unspecified atom stereocenters. The molecular weight excluding hydrogens is 308 g/mol. The predicted octanol–water partition coefficient (Wildman–Crippen LogP) is 5.52. The van der Waals surface area contributed by atoms with Gasteiger partial charge in [0.1, 0.15) is 11.4 Å². The van der Waals surface area contributed by atoms with Gasteiger partial charge in [-0.1, -0.05) is 30.3 Å². The van der Waals surface area contributed by atoms with Crippen molar-refractivity contribution in [2.75, 3.05) is 7.11 Å². The normalized spacial score (nSPS) is 11.0. The topological polar surface area (TPSA) is 37.9 Å². The van der Waals surface area contributed by atoms with E-state index in [1.165, 1.54) is 11.1 Å². The van der Waals surface area contributed by atoms with E-state index in [0.29, 0.717) is 0 Å². The Morgan fingerprint density at radius 1 is 0.880 bits per heavy atom. The van der Waals surface area contributed by atoms with Crippen LogP contribution in [0, 0.1) is 13.8 Å². The Hall–Kier alpha value is -3.07. The monoisotopic (exact) mass is 328 g/mol. The maximum atomic E-state index is 5.48. The number of pyridine rings is 1. The minimum absolute atomic E-state index is 0.907. The van der Waals surface area contributed by atoms with Crippen molar-refractivity contribution in [2.24, 2.45) is 0 Å². The molecule has 0 amide bonds. The number of aromatic nitrogens is 2. The molecule has 0 aliphatic carbocycles. The van der Waals surface area contributed by atoms with E-state index in [9.17, 15) is 0 Å². The molecule has 2 heterocycles. The fourth-order valence-electron chi connectivity index (χ4n) is 3.46. The van der Waals surface area contributed by atoms with Crippen molar-refractivity contribution in [3.8, 4) is 28.0 Å². The zero-order chi connectivity index (χ0) is 17.4. The molecular formula is C22H20N2O. The molecule has 4 aromatic rings. The van der Waals surface area contributed by atoms with Crippen LogP contribution >= 0.6 is 0 Å². The predicted molar refractivity (Wildman–Crippen MR) is 103 cm³/mol. The number of H-pyrrole nitrogens is 1. The van der Waals surface area contributed by atoms with Crippen molar-refractivity contribution in [3.63, 3.8) is 0 Å². The second-order valence-electron chi connectivity index (χ2n) is 6.33. The summed E-state index contributed by atoms with van der Waals surface area (Å²) in [7, 11) is 1.72. The molecule has 0 spiro atoms. The van der Waals surface area contributed by atoms with E-state index in [4.69, 9.17) is 4.74 Å². The van der Waals surface area contributed by atoms with Crippen molar-refractivity contribution in [2.45, 2.75) is 13.8 Å². The molecule has 0 aliphatic heterocycles. The van der Waals surface area contributed by atoms with Crippen LogP contribution in [0.3, 0.4) is 0 Å². The quantitative estimate of drug-likeness (QED) is 0.537. The third kappa shape index (κ3) is 2.68. The third-order valence-corrected chi connectivity index (χ3v) is 4.61. The highest BCUT2D eigenvalue weighted by molar-refractivity contribution is 5.95. The van der Waals surface area contributed by atoms with Crippen molar-refractivity contribution < 1.29 is 4.74 Å². The molecule has 25 heavy (non-hydrogen) atoms. The summed E-state index contributed by atoms with van der Waals surface area (Å²) < 4.78 is 5.48. The van der Waals surface area contributed by atoms with Gasteiger partial charge in [-0.2, -0.15) is 0 Å². The van der Waals surface area contributed by atoms with Crippen LogP contribution in [0.5, 0.6) is 5.75 Å². The van der Waals surface area contributed by atoms with Gasteiger partial charge in [0, 0.05) is 28.9 Å². The van der Waals surface area contributed by atoms with Crippen LogP contribution in [0.4, 0.5) is 0 Å². The zero-order valence-electron chi connectivity index (χ0n) is 14.6. The van der Waals surface area contributed by atoms with Gasteiger partial charge >= 0.3 is 0 Å². The maximum Gasteiger partial charge on any atom is 0.137 e. The minimum Gasteiger partial charge on any atom is -0.496 e. The molecule has 0 saturated heterocycles. The van der Waals surface area contributed by atoms with Gasteiger partial charge in [-0.3, -0.25) is 0 Å². The number of benzene rings is 2. The van der Waals surface area contributed by atoms with Crippen LogP contribution in [0.15, 0.2) is 60.9 Å². The summed E-state index contributed by atoms with van der Waals surface area (Å²) in [5.41, 5.74) is 7.81. The first-order chi connectivity index (χ1) is 12.2. The van der Waals surface area contributed by atoms with Crippen molar-refractivity contribution in [3.05, 3.63) is 72.1 Å². The summed E-state index contributed by atoms with van der Waals surface area (Å²) in [4.78, 5) is 7.89. The first-order valence-electron chi connectivity index (χ1n) is 8.35. The Labute approximate surface area is 147 Å². The third-order valence-electron chi connectivity index (χ3n) is 4.61. The van der Waals surface area contributed by atoms with Crippen LogP contribution in [0.2, 0.25) is 0 Å². The standard InChI is InChI=1S/C22H20N2O/c1-14-9-17(10-15(2)21(14)25-3)18-11-19-20(13-24-22(19)23-12-18)16-7-5-4-6-8-16/h4-13H,1-3H3,(H,23,24). The van der Waals surface area contributed by atoms with Gasteiger partial charge in [-0.25, -0.2) is 4.98 Å². The van der Waals surface area contributed by atoms with E-state index in [-0.39, 0.29) is 0 Å². The molecule has 2 aromatic heterocycles. The average Bonchev–Trinajstić information content (AvgIpc) is 3.05. The van der Waals surface area contributed by atoms with Gasteiger partial charge in [-0.15, -0.1) is 0 Å². The lowest BCUT2D eigenvalue weighted by Gasteiger charge is -2.11. The first kappa shape index (κ1) is 15.5. The van der Waals surface area contributed by atoms with Crippen LogP contribution in [0.25, 0.3) is 33.3 Å². The Balaban J connectivity index is 1.87. The van der Waals surface area contributed by atoms with E-state index >= 15 is 0 Å². The Morgan fingerprint density at radius 3 is 2.28 bits per heavy atom. The van der Waals surface area contributed by atoms with E-state index < -0.39 is 0 Å². The molecule has 1 N–H and O–H groups in total. The molecule has 0 atom stereocenters. The maximum absolute atomic E-state index is 5.48. The number of hydrogen-bond acceptors (Lipinski definition) is 2. The summed E-state index contributed by atoms with van der Waals surface area (Å²) in [5.74, 6) is 0.949. The van der Waals surface area contributed by atoms with Crippen LogP contribution in [-0.2, 0) is 0 Å². The summed E-state index contributed by atoms with van der Waals surface area (Å²) in [6.45, 7) is 4.15. The number of methoxy groups -OCH3 is 1. The van der Waals surface area contributed by atoms with Gasteiger partial charge in [-0.05, 0) is 54.3 Å². The minimum atomic E-state index is 0.907. The van der Waals surface area contributed by atoms with Crippen molar-refractivity contribution in [1.29, 1.82) is 0 Å². The average molecular weight is 328 g/mol. The molecule has 0 aliphatic rings. The zero-order valence-corrected chi connectivity index (χ0v) is 14.6. The fourth-order valence-corrected chi connectivity index (χ4v) is 3.46. The Bertz CT molecular complexity index is 1030. The first-order valence-corrected chi connectivity index (χ1v) is 8.35. The van der Waals surface area contributed by atoms with E-state index in [2.05, 4.69) is 66.3 Å². The molecule has 4 rings (SSSR count). The molecule has 124 valence electrons. The highest BCUT2D eigenvalue weighted by Gasteiger charge is 2.11. The van der Waals surface area contributed by atoms with Crippen LogP contribution < -0.4 is 4.74 Å². The molecule has 0 radical (unpaired) electrons. The van der Waals surface area contributed by atoms with Gasteiger partial charge in [0.05, 0.1) is 7.11 Å². The summed E-state index contributed by atoms with van der Waals surface area (Å²) >= 11 is 0. The molecule has 0 bridgehead atoms. The fraction of sp³-hybridized carbons (Fsp3) is 0.136. The Morgan fingerprint density at radius 2 is 1.60 bits per heavy atom. The van der Waals surface area contributed by atoms with Gasteiger partial charge in [0.2, 0.25) is 0 Å². The molecule has 3 heteroatoms. The number of nitrogens with one attached hydrogen (secondary N) is 1. The molecule has 3 nitrogen and oxygen atoms in total. The van der Waals surface area contributed by atoms with E-state index in [1.807, 2.05) is 18.5 Å². The number of fused-ring (bicyclic) bond motifs is 1. The van der Waals surface area contributed by atoms with Crippen LogP contribution in [0.1, 0.15) is 11.1 Å². The lowest BCUT2D eigenvalue weighted by atomic mass is 9.99. The number of aromatic amines is 1. The van der Waals surface area contributed by atoms with Crippen molar-refractivity contribution in [1.82, 2.24) is 9.97 Å². The van der Waals surface area contributed by atoms with E-state index in [0.717, 1.165) is 39.0 Å². The number of hydrogen-bond donors (Lipinski definition) is 1. The van der Waals surface area contributed by atoms with Crippen molar-refractivity contribution >= 4 is 11.0 Å². The smallest absolute Gasteiger partial charge is 0.137 e. The lowest BCUT2D eigenvalue weighted by molar-refractivity contribution is 0.408. The summed E-state index contributed by atoms with van der Waals surface area (Å²) in [6.07, 6.45) is 3.95. The number of ether oxygens (including phenoxy) is 1.